The summed E-state index contributed by atoms with van der Waals surface area (Å²) in [6.45, 7) is 3.99. The Morgan fingerprint density at radius 3 is 2.61 bits per heavy atom. The maximum absolute atomic E-state index is 15.3. The number of hydrogen-bond donors (Lipinski definition) is 1. The Balaban J connectivity index is 1.75. The molecule has 6 nitrogen and oxygen atoms in total. The van der Waals surface area contributed by atoms with Crippen LogP contribution in [0.1, 0.15) is 49.7 Å². The molecule has 202 valence electrons. The number of hydrogen-bond acceptors (Lipinski definition) is 7. The van der Waals surface area contributed by atoms with Gasteiger partial charge >= 0.3 is 5.97 Å². The second kappa shape index (κ2) is 12.3. The molecule has 1 N–H and O–H groups in total. The summed E-state index contributed by atoms with van der Waals surface area (Å²) < 4.78 is 31.6. The van der Waals surface area contributed by atoms with Crippen LogP contribution >= 0.6 is 23.4 Å². The molecule has 0 unspecified atom stereocenters. The zero-order valence-corrected chi connectivity index (χ0v) is 23.4. The molecule has 2 aromatic carbocycles. The molecule has 0 bridgehead atoms. The van der Waals surface area contributed by atoms with Gasteiger partial charge in [0.25, 0.3) is 0 Å². The van der Waals surface area contributed by atoms with Gasteiger partial charge in [0.2, 0.25) is 0 Å². The maximum atomic E-state index is 15.3. The van der Waals surface area contributed by atoms with Crippen LogP contribution in [0.3, 0.4) is 0 Å². The normalized spacial score (nSPS) is 19.2. The van der Waals surface area contributed by atoms with Crippen molar-refractivity contribution >= 4 is 35.1 Å². The van der Waals surface area contributed by atoms with Crippen LogP contribution in [0.4, 0.5) is 4.39 Å². The van der Waals surface area contributed by atoms with Gasteiger partial charge in [0.1, 0.15) is 12.4 Å². The SMILES string of the molecule is CCSCCOC(=O)C1=C(C)NC2=C(C(=O)C[C@H](c3ccc(OC)c(OC)c3)C2)[C@@H]1c1c(F)cccc1Cl. The molecule has 0 saturated carbocycles. The van der Waals surface area contributed by atoms with Crippen LogP contribution in [0.2, 0.25) is 5.02 Å². The third kappa shape index (κ3) is 5.57. The van der Waals surface area contributed by atoms with Crippen molar-refractivity contribution in [3.8, 4) is 11.5 Å². The Kier molecular flexibility index (Phi) is 9.05. The van der Waals surface area contributed by atoms with Gasteiger partial charge in [-0.2, -0.15) is 11.8 Å². The number of carbonyl (C=O) groups excluding carboxylic acids is 2. The molecule has 2 atom stereocenters. The lowest BCUT2D eigenvalue weighted by atomic mass is 9.71. The zero-order valence-electron chi connectivity index (χ0n) is 21.9. The molecule has 0 spiro atoms. The van der Waals surface area contributed by atoms with Gasteiger partial charge < -0.3 is 19.5 Å². The Bertz CT molecular complexity index is 1290. The number of dihydropyridines is 1. The highest BCUT2D eigenvalue weighted by Crippen LogP contribution is 2.48. The maximum Gasteiger partial charge on any atom is 0.336 e. The second-order valence-electron chi connectivity index (χ2n) is 9.10. The van der Waals surface area contributed by atoms with Crippen molar-refractivity contribution in [1.82, 2.24) is 5.32 Å². The number of ether oxygens (including phenoxy) is 3. The monoisotopic (exact) mass is 559 g/mol. The highest BCUT2D eigenvalue weighted by Gasteiger charge is 2.43. The molecule has 0 fully saturated rings. The van der Waals surface area contributed by atoms with E-state index in [4.69, 9.17) is 25.8 Å². The molecule has 4 rings (SSSR count). The summed E-state index contributed by atoms with van der Waals surface area (Å²) in [5.74, 6) is 0.274. The van der Waals surface area contributed by atoms with Crippen LogP contribution in [0.15, 0.2) is 58.9 Å². The quantitative estimate of drug-likeness (QED) is 0.291. The Morgan fingerprint density at radius 2 is 1.92 bits per heavy atom. The van der Waals surface area contributed by atoms with Gasteiger partial charge in [0.05, 0.1) is 25.7 Å². The molecule has 2 aromatic rings. The number of methoxy groups -OCH3 is 2. The van der Waals surface area contributed by atoms with Crippen LogP contribution in [0.5, 0.6) is 11.5 Å². The summed E-state index contributed by atoms with van der Waals surface area (Å²) in [7, 11) is 3.13. The smallest absolute Gasteiger partial charge is 0.336 e. The summed E-state index contributed by atoms with van der Waals surface area (Å²) in [6.07, 6.45) is 0.680. The number of carbonyl (C=O) groups is 2. The van der Waals surface area contributed by atoms with E-state index in [1.54, 1.807) is 39.0 Å². The minimum absolute atomic E-state index is 0.107. The first kappa shape index (κ1) is 28.0. The fraction of sp³-hybridized carbons (Fsp3) is 0.379. The fourth-order valence-corrected chi connectivity index (χ4v) is 5.90. The Morgan fingerprint density at radius 1 is 1.16 bits per heavy atom. The second-order valence-corrected chi connectivity index (χ2v) is 10.9. The predicted octanol–water partition coefficient (Wildman–Crippen LogP) is 6.15. The molecule has 9 heteroatoms. The Labute approximate surface area is 231 Å². The Hall–Kier alpha value is -2.97. The number of esters is 1. The van der Waals surface area contributed by atoms with Crippen molar-refractivity contribution in [2.75, 3.05) is 32.3 Å². The highest BCUT2D eigenvalue weighted by atomic mass is 35.5. The van der Waals surface area contributed by atoms with Crippen molar-refractivity contribution < 1.29 is 28.2 Å². The van der Waals surface area contributed by atoms with E-state index in [0.717, 1.165) is 11.3 Å². The molecule has 0 aromatic heterocycles. The fourth-order valence-electron chi connectivity index (χ4n) is 5.14. The standard InChI is InChI=1S/C29H31ClFNO5S/c1-5-38-12-11-37-29(34)25-16(2)32-21-13-18(17-9-10-23(35-3)24(15-17)36-4)14-22(33)27(21)28(25)26-19(30)7-6-8-20(26)31/h6-10,15,18,28,32H,5,11-14H2,1-4H3/t18-,28+/m1/s1. The van der Waals surface area contributed by atoms with Gasteiger partial charge in [0, 0.05) is 39.7 Å². The first-order valence-corrected chi connectivity index (χ1v) is 14.0. The highest BCUT2D eigenvalue weighted by molar-refractivity contribution is 7.99. The van der Waals surface area contributed by atoms with E-state index >= 15 is 4.39 Å². The third-order valence-corrected chi connectivity index (χ3v) is 8.07. The largest absolute Gasteiger partial charge is 0.493 e. The van der Waals surface area contributed by atoms with E-state index in [1.807, 2.05) is 25.1 Å². The number of halogens is 2. The van der Waals surface area contributed by atoms with Crippen molar-refractivity contribution in [1.29, 1.82) is 0 Å². The minimum Gasteiger partial charge on any atom is -0.493 e. The molecular formula is C29H31ClFNO5S. The van der Waals surface area contributed by atoms with Crippen LogP contribution in [0.25, 0.3) is 0 Å². The first-order chi connectivity index (χ1) is 18.3. The number of allylic oxidation sites excluding steroid dienone is 3. The minimum atomic E-state index is -0.967. The van der Waals surface area contributed by atoms with E-state index in [1.165, 1.54) is 12.1 Å². The van der Waals surface area contributed by atoms with E-state index < -0.39 is 17.7 Å². The van der Waals surface area contributed by atoms with Crippen molar-refractivity contribution in [2.45, 2.75) is 38.5 Å². The molecule has 38 heavy (non-hydrogen) atoms. The number of benzene rings is 2. The number of thioether (sulfide) groups is 1. The summed E-state index contributed by atoms with van der Waals surface area (Å²) in [4.78, 5) is 27.1. The number of ketones is 1. The summed E-state index contributed by atoms with van der Waals surface area (Å²) in [5.41, 5.74) is 2.76. The molecular weight excluding hydrogens is 529 g/mol. The molecule has 1 heterocycles. The average Bonchev–Trinajstić information content (AvgIpc) is 2.90. The summed E-state index contributed by atoms with van der Waals surface area (Å²) in [5, 5.41) is 3.43. The number of Topliss-reactive ketones (excluding diaryl/α,β-unsaturated/α-hetero) is 1. The average molecular weight is 560 g/mol. The van der Waals surface area contributed by atoms with Crippen molar-refractivity contribution in [3.05, 3.63) is 80.9 Å². The lowest BCUT2D eigenvalue weighted by Gasteiger charge is -2.37. The van der Waals surface area contributed by atoms with E-state index in [-0.39, 0.29) is 40.9 Å². The molecule has 0 amide bonds. The van der Waals surface area contributed by atoms with Gasteiger partial charge in [0.15, 0.2) is 17.3 Å². The molecule has 0 saturated heterocycles. The van der Waals surface area contributed by atoms with E-state index in [9.17, 15) is 9.59 Å². The molecule has 1 aliphatic carbocycles. The molecule has 0 radical (unpaired) electrons. The van der Waals surface area contributed by atoms with Gasteiger partial charge in [-0.05, 0) is 54.8 Å². The van der Waals surface area contributed by atoms with Gasteiger partial charge in [-0.1, -0.05) is 30.7 Å². The molecule has 2 aliphatic rings. The zero-order chi connectivity index (χ0) is 27.4. The summed E-state index contributed by atoms with van der Waals surface area (Å²) >= 11 is 8.14. The van der Waals surface area contributed by atoms with Crippen LogP contribution in [-0.4, -0.2) is 44.1 Å². The van der Waals surface area contributed by atoms with Crippen molar-refractivity contribution in [2.24, 2.45) is 0 Å². The van der Waals surface area contributed by atoms with Crippen LogP contribution in [0, 0.1) is 5.82 Å². The van der Waals surface area contributed by atoms with Crippen molar-refractivity contribution in [3.63, 3.8) is 0 Å². The van der Waals surface area contributed by atoms with E-state index in [2.05, 4.69) is 5.32 Å². The number of rotatable bonds is 9. The number of nitrogens with one attached hydrogen (secondary N) is 1. The summed E-state index contributed by atoms with van der Waals surface area (Å²) in [6, 6.07) is 9.96. The molecule has 1 aliphatic heterocycles. The topological polar surface area (TPSA) is 73.9 Å². The first-order valence-electron chi connectivity index (χ1n) is 12.4. The van der Waals surface area contributed by atoms with Crippen LogP contribution < -0.4 is 14.8 Å². The lowest BCUT2D eigenvalue weighted by molar-refractivity contribution is -0.138. The lowest BCUT2D eigenvalue weighted by Crippen LogP contribution is -2.36. The van der Waals surface area contributed by atoms with Crippen LogP contribution in [-0.2, 0) is 14.3 Å². The van der Waals surface area contributed by atoms with Gasteiger partial charge in [-0.15, -0.1) is 0 Å². The van der Waals surface area contributed by atoms with Gasteiger partial charge in [-0.25, -0.2) is 9.18 Å². The predicted molar refractivity (Wildman–Crippen MR) is 147 cm³/mol. The third-order valence-electron chi connectivity index (χ3n) is 6.88. The van der Waals surface area contributed by atoms with E-state index in [0.29, 0.717) is 40.6 Å². The van der Waals surface area contributed by atoms with Gasteiger partial charge in [-0.3, -0.25) is 4.79 Å².